The second kappa shape index (κ2) is 3.76. The van der Waals surface area contributed by atoms with Gasteiger partial charge in [0, 0.05) is 11.4 Å². The molecule has 0 aliphatic carbocycles. The van der Waals surface area contributed by atoms with Gasteiger partial charge in [-0.2, -0.15) is 0 Å². The van der Waals surface area contributed by atoms with Crippen LogP contribution in [0.25, 0.3) is 0 Å². The highest BCUT2D eigenvalue weighted by atomic mass is 16.1. The van der Waals surface area contributed by atoms with E-state index in [1.54, 1.807) is 12.1 Å². The third-order valence-electron chi connectivity index (χ3n) is 1.70. The van der Waals surface area contributed by atoms with Crippen LogP contribution in [0.2, 0.25) is 0 Å². The van der Waals surface area contributed by atoms with Crippen molar-refractivity contribution >= 4 is 17.3 Å². The lowest BCUT2D eigenvalue weighted by atomic mass is 10.2. The molecule has 0 heterocycles. The number of carbonyl (C=O) groups excluding carboxylic acids is 1. The van der Waals surface area contributed by atoms with E-state index in [9.17, 15) is 4.79 Å². The van der Waals surface area contributed by atoms with E-state index in [-0.39, 0.29) is 5.91 Å². The molecule has 13 heavy (non-hydrogen) atoms. The van der Waals surface area contributed by atoms with Gasteiger partial charge in [0.1, 0.15) is 0 Å². The number of amides is 1. The van der Waals surface area contributed by atoms with E-state index in [1.165, 1.54) is 6.08 Å². The number of rotatable bonds is 2. The number of nitrogen functional groups attached to an aromatic ring is 1. The summed E-state index contributed by atoms with van der Waals surface area (Å²) in [6, 6.07) is 5.36. The summed E-state index contributed by atoms with van der Waals surface area (Å²) in [7, 11) is 0. The molecular weight excluding hydrogens is 164 g/mol. The molecule has 1 aromatic rings. The van der Waals surface area contributed by atoms with Crippen molar-refractivity contribution in [2.24, 2.45) is 0 Å². The van der Waals surface area contributed by atoms with Gasteiger partial charge in [0.15, 0.2) is 0 Å². The monoisotopic (exact) mass is 176 g/mol. The molecule has 0 bridgehead atoms. The van der Waals surface area contributed by atoms with E-state index in [4.69, 9.17) is 5.73 Å². The smallest absolute Gasteiger partial charge is 0.247 e. The highest BCUT2D eigenvalue weighted by molar-refractivity contribution is 5.99. The van der Waals surface area contributed by atoms with Gasteiger partial charge < -0.3 is 11.1 Å². The van der Waals surface area contributed by atoms with Gasteiger partial charge >= 0.3 is 0 Å². The summed E-state index contributed by atoms with van der Waals surface area (Å²) in [6.45, 7) is 5.27. The Hall–Kier alpha value is -1.77. The molecule has 3 nitrogen and oxygen atoms in total. The minimum Gasteiger partial charge on any atom is -0.399 e. The van der Waals surface area contributed by atoms with Crippen LogP contribution in [0.3, 0.4) is 0 Å². The molecular formula is C10H12N2O. The Morgan fingerprint density at radius 2 is 2.31 bits per heavy atom. The molecule has 0 radical (unpaired) electrons. The molecule has 1 rings (SSSR count). The van der Waals surface area contributed by atoms with Gasteiger partial charge in [-0.1, -0.05) is 12.6 Å². The number of hydrogen-bond acceptors (Lipinski definition) is 2. The van der Waals surface area contributed by atoms with Crippen LogP contribution in [-0.4, -0.2) is 5.91 Å². The Labute approximate surface area is 77.3 Å². The van der Waals surface area contributed by atoms with Crippen molar-refractivity contribution < 1.29 is 4.79 Å². The molecule has 0 saturated heterocycles. The van der Waals surface area contributed by atoms with Gasteiger partial charge in [0.2, 0.25) is 5.91 Å². The number of nitrogens with one attached hydrogen (secondary N) is 1. The van der Waals surface area contributed by atoms with Crippen molar-refractivity contribution in [2.75, 3.05) is 11.1 Å². The second-order valence-corrected chi connectivity index (χ2v) is 2.77. The zero-order valence-corrected chi connectivity index (χ0v) is 7.50. The zero-order chi connectivity index (χ0) is 9.84. The van der Waals surface area contributed by atoms with Crippen molar-refractivity contribution in [3.63, 3.8) is 0 Å². The first-order valence-corrected chi connectivity index (χ1v) is 3.93. The van der Waals surface area contributed by atoms with Crippen molar-refractivity contribution in [3.05, 3.63) is 36.4 Å². The van der Waals surface area contributed by atoms with Crippen LogP contribution >= 0.6 is 0 Å². The Balaban J connectivity index is 2.93. The third kappa shape index (κ3) is 2.33. The number of hydrogen-bond donors (Lipinski definition) is 2. The lowest BCUT2D eigenvalue weighted by Gasteiger charge is -2.06. The molecule has 68 valence electrons. The van der Waals surface area contributed by atoms with E-state index in [1.807, 2.05) is 13.0 Å². The molecule has 0 unspecified atom stereocenters. The summed E-state index contributed by atoms with van der Waals surface area (Å²) >= 11 is 0. The lowest BCUT2D eigenvalue weighted by molar-refractivity contribution is -0.111. The molecule has 0 aliphatic heterocycles. The predicted molar refractivity (Wildman–Crippen MR) is 54.4 cm³/mol. The predicted octanol–water partition coefficient (Wildman–Crippen LogP) is 1.70. The Kier molecular flexibility index (Phi) is 2.69. The molecule has 3 N–H and O–H groups in total. The molecule has 1 aromatic carbocycles. The topological polar surface area (TPSA) is 55.1 Å². The van der Waals surface area contributed by atoms with Crippen LogP contribution in [-0.2, 0) is 4.79 Å². The van der Waals surface area contributed by atoms with Crippen LogP contribution in [0, 0.1) is 6.92 Å². The average Bonchev–Trinajstić information content (AvgIpc) is 2.11. The number of anilines is 2. The molecule has 0 saturated carbocycles. The van der Waals surface area contributed by atoms with Crippen molar-refractivity contribution in [1.82, 2.24) is 0 Å². The summed E-state index contributed by atoms with van der Waals surface area (Å²) in [5, 5.41) is 2.66. The van der Waals surface area contributed by atoms with Gasteiger partial charge in [-0.05, 0) is 30.7 Å². The summed E-state index contributed by atoms with van der Waals surface area (Å²) < 4.78 is 0. The van der Waals surface area contributed by atoms with Gasteiger partial charge in [0.05, 0.1) is 0 Å². The van der Waals surface area contributed by atoms with Crippen LogP contribution in [0.4, 0.5) is 11.4 Å². The fraction of sp³-hybridized carbons (Fsp3) is 0.100. The molecule has 0 atom stereocenters. The maximum absolute atomic E-state index is 11.0. The third-order valence-corrected chi connectivity index (χ3v) is 1.70. The van der Waals surface area contributed by atoms with E-state index in [2.05, 4.69) is 11.9 Å². The van der Waals surface area contributed by atoms with E-state index >= 15 is 0 Å². The first kappa shape index (κ1) is 9.32. The standard InChI is InChI=1S/C10H12N2O/c1-3-10(13)12-9-6-8(11)5-4-7(9)2/h3-6H,1,11H2,2H3,(H,12,13). The SMILES string of the molecule is C=CC(=O)Nc1cc(N)ccc1C. The first-order chi connectivity index (χ1) is 6.13. The van der Waals surface area contributed by atoms with Crippen molar-refractivity contribution in [2.45, 2.75) is 6.92 Å². The van der Waals surface area contributed by atoms with E-state index in [0.717, 1.165) is 11.3 Å². The maximum atomic E-state index is 11.0. The molecule has 0 spiro atoms. The summed E-state index contributed by atoms with van der Waals surface area (Å²) in [5.74, 6) is -0.228. The summed E-state index contributed by atoms with van der Waals surface area (Å²) in [4.78, 5) is 11.0. The fourth-order valence-corrected chi connectivity index (χ4v) is 0.958. The first-order valence-electron chi connectivity index (χ1n) is 3.93. The van der Waals surface area contributed by atoms with Crippen LogP contribution in [0.5, 0.6) is 0 Å². The Bertz CT molecular complexity index is 345. The van der Waals surface area contributed by atoms with Crippen LogP contribution < -0.4 is 11.1 Å². The zero-order valence-electron chi connectivity index (χ0n) is 7.50. The largest absolute Gasteiger partial charge is 0.399 e. The minimum atomic E-state index is -0.228. The number of aryl methyl sites for hydroxylation is 1. The normalized spacial score (nSPS) is 9.31. The van der Waals surface area contributed by atoms with E-state index in [0.29, 0.717) is 5.69 Å². The number of nitrogens with two attached hydrogens (primary N) is 1. The Morgan fingerprint density at radius 3 is 2.92 bits per heavy atom. The highest BCUT2D eigenvalue weighted by Crippen LogP contribution is 2.17. The van der Waals surface area contributed by atoms with Gasteiger partial charge in [-0.3, -0.25) is 4.79 Å². The highest BCUT2D eigenvalue weighted by Gasteiger charge is 2.00. The quantitative estimate of drug-likeness (QED) is 0.532. The van der Waals surface area contributed by atoms with Gasteiger partial charge in [-0.15, -0.1) is 0 Å². The molecule has 0 aliphatic rings. The molecule has 0 aromatic heterocycles. The number of carbonyl (C=O) groups is 1. The van der Waals surface area contributed by atoms with Crippen LogP contribution in [0.15, 0.2) is 30.9 Å². The maximum Gasteiger partial charge on any atom is 0.247 e. The van der Waals surface area contributed by atoms with Crippen molar-refractivity contribution in [3.8, 4) is 0 Å². The number of benzene rings is 1. The van der Waals surface area contributed by atoms with Gasteiger partial charge in [-0.25, -0.2) is 0 Å². The van der Waals surface area contributed by atoms with E-state index < -0.39 is 0 Å². The molecule has 0 fully saturated rings. The lowest BCUT2D eigenvalue weighted by Crippen LogP contribution is -2.08. The molecule has 1 amide bonds. The average molecular weight is 176 g/mol. The minimum absolute atomic E-state index is 0.228. The van der Waals surface area contributed by atoms with Crippen LogP contribution in [0.1, 0.15) is 5.56 Å². The summed E-state index contributed by atoms with van der Waals surface area (Å²) in [6.07, 6.45) is 1.22. The Morgan fingerprint density at radius 1 is 1.62 bits per heavy atom. The van der Waals surface area contributed by atoms with Gasteiger partial charge in [0.25, 0.3) is 0 Å². The second-order valence-electron chi connectivity index (χ2n) is 2.77. The van der Waals surface area contributed by atoms with Crippen molar-refractivity contribution in [1.29, 1.82) is 0 Å². The molecule has 3 heteroatoms. The summed E-state index contributed by atoms with van der Waals surface area (Å²) in [5.41, 5.74) is 7.90. The fourth-order valence-electron chi connectivity index (χ4n) is 0.958.